The maximum absolute atomic E-state index is 12.2. The van der Waals surface area contributed by atoms with Crippen molar-refractivity contribution in [3.8, 4) is 0 Å². The third kappa shape index (κ3) is 2.37. The summed E-state index contributed by atoms with van der Waals surface area (Å²) in [5.41, 5.74) is 0.151. The summed E-state index contributed by atoms with van der Waals surface area (Å²) in [4.78, 5) is 28.3. The lowest BCUT2D eigenvalue weighted by atomic mass is 10.2. The molecule has 2 rings (SSSR count). The van der Waals surface area contributed by atoms with Crippen LogP contribution in [-0.2, 0) is 4.79 Å². The monoisotopic (exact) mass is 314 g/mol. The van der Waals surface area contributed by atoms with Gasteiger partial charge in [0.15, 0.2) is 0 Å². The van der Waals surface area contributed by atoms with E-state index < -0.39 is 24.0 Å². The van der Waals surface area contributed by atoms with Crippen LogP contribution in [0.15, 0.2) is 22.8 Å². The highest BCUT2D eigenvalue weighted by Gasteiger charge is 2.40. The van der Waals surface area contributed by atoms with Crippen LogP contribution in [0.2, 0.25) is 0 Å². The molecule has 1 saturated heterocycles. The largest absolute Gasteiger partial charge is 0.480 e. The van der Waals surface area contributed by atoms with Crippen LogP contribution in [0.1, 0.15) is 16.9 Å². The lowest BCUT2D eigenvalue weighted by molar-refractivity contribution is -0.141. The van der Waals surface area contributed by atoms with Gasteiger partial charge in [-0.1, -0.05) is 0 Å². The van der Waals surface area contributed by atoms with Crippen molar-refractivity contribution in [2.45, 2.75) is 18.6 Å². The van der Waals surface area contributed by atoms with E-state index in [1.54, 1.807) is 12.1 Å². The maximum atomic E-state index is 12.2. The highest BCUT2D eigenvalue weighted by atomic mass is 79.9. The van der Waals surface area contributed by atoms with Gasteiger partial charge in [-0.15, -0.1) is 0 Å². The predicted octanol–water partition coefficient (Wildman–Crippen LogP) is 0.504. The zero-order valence-electron chi connectivity index (χ0n) is 9.28. The first kappa shape index (κ1) is 13.0. The fourth-order valence-electron chi connectivity index (χ4n) is 1.95. The normalized spacial score (nSPS) is 23.1. The third-order valence-electron chi connectivity index (χ3n) is 2.79. The lowest BCUT2D eigenvalue weighted by Crippen LogP contribution is -2.41. The predicted molar refractivity (Wildman–Crippen MR) is 65.0 cm³/mol. The fraction of sp³-hybridized carbons (Fsp3) is 0.364. The van der Waals surface area contributed by atoms with Crippen LogP contribution in [0.25, 0.3) is 0 Å². The molecule has 2 heterocycles. The standard InChI is InChI=1S/C11H11BrN2O4/c12-7-2-1-3-13-9(7)10(16)14-5-6(15)4-8(14)11(17)18/h1-3,6,8,15H,4-5H2,(H,17,18)/t6-,8-/m0/s1. The number of carbonyl (C=O) groups is 2. The van der Waals surface area contributed by atoms with Gasteiger partial charge in [-0.25, -0.2) is 9.78 Å². The van der Waals surface area contributed by atoms with Gasteiger partial charge in [-0.05, 0) is 28.1 Å². The van der Waals surface area contributed by atoms with E-state index >= 15 is 0 Å². The number of β-amino-alcohol motifs (C(OH)–C–C–N with tert-alkyl or cyclic N) is 1. The Kier molecular flexibility index (Phi) is 3.63. The molecule has 96 valence electrons. The van der Waals surface area contributed by atoms with Gasteiger partial charge < -0.3 is 15.1 Å². The second kappa shape index (κ2) is 5.03. The summed E-state index contributed by atoms with van der Waals surface area (Å²) >= 11 is 3.20. The SMILES string of the molecule is O=C(O)[C@@H]1C[C@H](O)CN1C(=O)c1ncccc1Br. The minimum Gasteiger partial charge on any atom is -0.480 e. The molecule has 0 radical (unpaired) electrons. The molecule has 1 aromatic rings. The summed E-state index contributed by atoms with van der Waals surface area (Å²) in [7, 11) is 0. The molecule has 1 aromatic heterocycles. The number of nitrogens with zero attached hydrogens (tertiary/aromatic N) is 2. The van der Waals surface area contributed by atoms with Crippen LogP contribution in [0.3, 0.4) is 0 Å². The number of carbonyl (C=O) groups excluding carboxylic acids is 1. The quantitative estimate of drug-likeness (QED) is 0.829. The molecular weight excluding hydrogens is 304 g/mol. The van der Waals surface area contributed by atoms with Crippen LogP contribution in [0, 0.1) is 0 Å². The second-order valence-electron chi connectivity index (χ2n) is 4.03. The summed E-state index contributed by atoms with van der Waals surface area (Å²) in [6.45, 7) is 0.0127. The number of halogens is 1. The highest BCUT2D eigenvalue weighted by molar-refractivity contribution is 9.10. The Hall–Kier alpha value is -1.47. The van der Waals surface area contributed by atoms with E-state index in [2.05, 4.69) is 20.9 Å². The van der Waals surface area contributed by atoms with Crippen molar-refractivity contribution < 1.29 is 19.8 Å². The Balaban J connectivity index is 2.28. The van der Waals surface area contributed by atoms with Crippen LogP contribution in [0.5, 0.6) is 0 Å². The number of carboxylic acid groups (broad SMARTS) is 1. The van der Waals surface area contributed by atoms with Crippen molar-refractivity contribution in [3.63, 3.8) is 0 Å². The molecule has 1 amide bonds. The van der Waals surface area contributed by atoms with Crippen molar-refractivity contribution in [2.24, 2.45) is 0 Å². The van der Waals surface area contributed by atoms with E-state index in [0.717, 1.165) is 4.90 Å². The molecule has 7 heteroatoms. The molecule has 2 N–H and O–H groups in total. The van der Waals surface area contributed by atoms with Gasteiger partial charge in [0, 0.05) is 23.6 Å². The van der Waals surface area contributed by atoms with Crippen LogP contribution in [-0.4, -0.2) is 50.7 Å². The average molecular weight is 315 g/mol. The Morgan fingerprint density at radius 2 is 2.22 bits per heavy atom. The van der Waals surface area contributed by atoms with E-state index in [9.17, 15) is 14.7 Å². The van der Waals surface area contributed by atoms with Gasteiger partial charge in [0.05, 0.1) is 6.10 Å². The topological polar surface area (TPSA) is 90.7 Å². The van der Waals surface area contributed by atoms with Crippen molar-refractivity contribution in [1.29, 1.82) is 0 Å². The number of pyridine rings is 1. The van der Waals surface area contributed by atoms with Gasteiger partial charge in [0.25, 0.3) is 5.91 Å². The van der Waals surface area contributed by atoms with Crippen LogP contribution in [0.4, 0.5) is 0 Å². The molecule has 1 aliphatic rings. The molecule has 2 atom stereocenters. The lowest BCUT2D eigenvalue weighted by Gasteiger charge is -2.20. The minimum atomic E-state index is -1.12. The summed E-state index contributed by atoms with van der Waals surface area (Å²) in [6, 6.07) is 2.32. The summed E-state index contributed by atoms with van der Waals surface area (Å²) in [5.74, 6) is -1.61. The zero-order valence-corrected chi connectivity index (χ0v) is 10.9. The third-order valence-corrected chi connectivity index (χ3v) is 3.43. The van der Waals surface area contributed by atoms with E-state index in [4.69, 9.17) is 5.11 Å². The number of aliphatic hydroxyl groups excluding tert-OH is 1. The summed E-state index contributed by atoms with van der Waals surface area (Å²) in [5, 5.41) is 18.5. The molecule has 1 aliphatic heterocycles. The molecule has 1 fully saturated rings. The molecule has 18 heavy (non-hydrogen) atoms. The average Bonchev–Trinajstić information content (AvgIpc) is 2.71. The number of hydrogen-bond donors (Lipinski definition) is 2. The van der Waals surface area contributed by atoms with Gasteiger partial charge in [-0.2, -0.15) is 0 Å². The summed E-state index contributed by atoms with van der Waals surface area (Å²) < 4.78 is 0.500. The van der Waals surface area contributed by atoms with Gasteiger partial charge in [0.2, 0.25) is 0 Å². The number of aliphatic carboxylic acids is 1. The number of aliphatic hydroxyl groups is 1. The number of hydrogen-bond acceptors (Lipinski definition) is 4. The Labute approximate surface area is 111 Å². The smallest absolute Gasteiger partial charge is 0.326 e. The molecular formula is C11H11BrN2O4. The van der Waals surface area contributed by atoms with E-state index in [-0.39, 0.29) is 18.7 Å². The Morgan fingerprint density at radius 3 is 2.83 bits per heavy atom. The summed E-state index contributed by atoms with van der Waals surface area (Å²) in [6.07, 6.45) is 0.698. The molecule has 0 bridgehead atoms. The maximum Gasteiger partial charge on any atom is 0.326 e. The first-order chi connectivity index (χ1) is 8.50. The Bertz CT molecular complexity index is 494. The van der Waals surface area contributed by atoms with Crippen molar-refractivity contribution in [3.05, 3.63) is 28.5 Å². The van der Waals surface area contributed by atoms with Gasteiger partial charge >= 0.3 is 5.97 Å². The molecule has 0 spiro atoms. The fourth-order valence-corrected chi connectivity index (χ4v) is 2.38. The second-order valence-corrected chi connectivity index (χ2v) is 4.89. The van der Waals surface area contributed by atoms with E-state index in [1.807, 2.05) is 0 Å². The first-order valence-corrected chi connectivity index (χ1v) is 6.12. The molecule has 0 aromatic carbocycles. The van der Waals surface area contributed by atoms with Gasteiger partial charge in [-0.3, -0.25) is 4.79 Å². The molecule has 0 aliphatic carbocycles. The van der Waals surface area contributed by atoms with E-state index in [0.29, 0.717) is 4.47 Å². The number of aromatic nitrogens is 1. The first-order valence-electron chi connectivity index (χ1n) is 5.33. The minimum absolute atomic E-state index is 0.0127. The van der Waals surface area contributed by atoms with Crippen molar-refractivity contribution >= 4 is 27.8 Å². The van der Waals surface area contributed by atoms with E-state index in [1.165, 1.54) is 6.20 Å². The zero-order chi connectivity index (χ0) is 13.3. The molecule has 0 unspecified atom stereocenters. The number of rotatable bonds is 2. The van der Waals surface area contributed by atoms with Crippen molar-refractivity contribution in [2.75, 3.05) is 6.54 Å². The molecule has 0 saturated carbocycles. The highest BCUT2D eigenvalue weighted by Crippen LogP contribution is 2.23. The number of carboxylic acids is 1. The van der Waals surface area contributed by atoms with Crippen LogP contribution >= 0.6 is 15.9 Å². The van der Waals surface area contributed by atoms with Crippen molar-refractivity contribution in [1.82, 2.24) is 9.88 Å². The van der Waals surface area contributed by atoms with Crippen LogP contribution < -0.4 is 0 Å². The number of amides is 1. The molecule has 6 nitrogen and oxygen atoms in total. The Morgan fingerprint density at radius 1 is 1.50 bits per heavy atom. The van der Waals surface area contributed by atoms with Gasteiger partial charge in [0.1, 0.15) is 11.7 Å². The number of likely N-dealkylation sites (tertiary alicyclic amines) is 1.